The summed E-state index contributed by atoms with van der Waals surface area (Å²) in [6.07, 6.45) is 0. The maximum absolute atomic E-state index is 13.1. The third kappa shape index (κ3) is 4.00. The van der Waals surface area contributed by atoms with E-state index in [0.29, 0.717) is 5.56 Å². The Hall–Kier alpha value is -2.12. The van der Waals surface area contributed by atoms with Crippen molar-refractivity contribution in [3.05, 3.63) is 58.9 Å². The fraction of sp³-hybridized carbons (Fsp3) is 0.133. The van der Waals surface area contributed by atoms with Gasteiger partial charge in [0.2, 0.25) is 0 Å². The standard InChI is InChI=1S/C15H14ClFN2O3S/c1-19(2)15(20)10-4-3-5-11(8-10)18-23(21,22)12-6-7-14(17)13(16)9-12/h3-9,18H,1-2H3. The van der Waals surface area contributed by atoms with Crippen LogP contribution in [0.15, 0.2) is 47.4 Å². The van der Waals surface area contributed by atoms with Crippen LogP contribution >= 0.6 is 11.6 Å². The van der Waals surface area contributed by atoms with Gasteiger partial charge in [-0.05, 0) is 36.4 Å². The van der Waals surface area contributed by atoms with Crippen molar-refractivity contribution in [1.29, 1.82) is 0 Å². The summed E-state index contributed by atoms with van der Waals surface area (Å²) >= 11 is 5.61. The molecule has 23 heavy (non-hydrogen) atoms. The van der Waals surface area contributed by atoms with Gasteiger partial charge in [-0.15, -0.1) is 0 Å². The molecule has 0 bridgehead atoms. The van der Waals surface area contributed by atoms with E-state index in [0.717, 1.165) is 18.2 Å². The smallest absolute Gasteiger partial charge is 0.261 e. The summed E-state index contributed by atoms with van der Waals surface area (Å²) in [5, 5.41) is -0.288. The molecule has 2 aromatic rings. The van der Waals surface area contributed by atoms with E-state index in [9.17, 15) is 17.6 Å². The molecule has 0 spiro atoms. The molecule has 1 N–H and O–H groups in total. The zero-order chi connectivity index (χ0) is 17.2. The van der Waals surface area contributed by atoms with E-state index in [1.807, 2.05) is 0 Å². The van der Waals surface area contributed by atoms with Crippen molar-refractivity contribution in [3.8, 4) is 0 Å². The van der Waals surface area contributed by atoms with Gasteiger partial charge in [-0.25, -0.2) is 12.8 Å². The Morgan fingerprint density at radius 1 is 1.17 bits per heavy atom. The van der Waals surface area contributed by atoms with Gasteiger partial charge in [-0.2, -0.15) is 0 Å². The number of carbonyl (C=O) groups excluding carboxylic acids is 1. The quantitative estimate of drug-likeness (QED) is 0.915. The molecule has 0 aliphatic rings. The fourth-order valence-corrected chi connectivity index (χ4v) is 3.15. The molecular formula is C15H14ClFN2O3S. The highest BCUT2D eigenvalue weighted by atomic mass is 35.5. The van der Waals surface area contributed by atoms with Gasteiger partial charge in [0.1, 0.15) is 5.82 Å². The van der Waals surface area contributed by atoms with Crippen molar-refractivity contribution in [1.82, 2.24) is 4.90 Å². The number of sulfonamides is 1. The number of anilines is 1. The maximum atomic E-state index is 13.1. The van der Waals surface area contributed by atoms with Gasteiger partial charge < -0.3 is 4.90 Å². The van der Waals surface area contributed by atoms with Crippen molar-refractivity contribution in [2.75, 3.05) is 18.8 Å². The number of halogens is 2. The predicted molar refractivity (Wildman–Crippen MR) is 86.7 cm³/mol. The summed E-state index contributed by atoms with van der Waals surface area (Å²) in [7, 11) is -0.747. The SMILES string of the molecule is CN(C)C(=O)c1cccc(NS(=O)(=O)c2ccc(F)c(Cl)c2)c1. The second-order valence-electron chi connectivity index (χ2n) is 4.96. The lowest BCUT2D eigenvalue weighted by molar-refractivity contribution is 0.0827. The largest absolute Gasteiger partial charge is 0.345 e. The molecular weight excluding hydrogens is 343 g/mol. The number of hydrogen-bond acceptors (Lipinski definition) is 3. The number of hydrogen-bond donors (Lipinski definition) is 1. The minimum atomic E-state index is -3.94. The summed E-state index contributed by atoms with van der Waals surface area (Å²) in [5.74, 6) is -0.958. The van der Waals surface area contributed by atoms with Gasteiger partial charge in [0, 0.05) is 25.3 Å². The summed E-state index contributed by atoms with van der Waals surface area (Å²) in [6, 6.07) is 9.18. The number of benzene rings is 2. The van der Waals surface area contributed by atoms with Gasteiger partial charge in [-0.1, -0.05) is 17.7 Å². The normalized spacial score (nSPS) is 11.1. The molecule has 0 unspecified atom stereocenters. The third-order valence-corrected chi connectivity index (χ3v) is 4.64. The van der Waals surface area contributed by atoms with Crippen LogP contribution in [-0.4, -0.2) is 33.3 Å². The Bertz CT molecular complexity index is 854. The first kappa shape index (κ1) is 17.2. The summed E-state index contributed by atoms with van der Waals surface area (Å²) in [4.78, 5) is 13.1. The minimum Gasteiger partial charge on any atom is -0.345 e. The highest BCUT2D eigenvalue weighted by Gasteiger charge is 2.17. The summed E-state index contributed by atoms with van der Waals surface area (Å²) < 4.78 is 40.1. The molecule has 0 saturated carbocycles. The monoisotopic (exact) mass is 356 g/mol. The molecule has 122 valence electrons. The van der Waals surface area contributed by atoms with Crippen LogP contribution in [0.25, 0.3) is 0 Å². The average Bonchev–Trinajstić information content (AvgIpc) is 2.48. The zero-order valence-corrected chi connectivity index (χ0v) is 14.0. The van der Waals surface area contributed by atoms with Crippen molar-refractivity contribution in [3.63, 3.8) is 0 Å². The molecule has 0 aliphatic heterocycles. The van der Waals surface area contributed by atoms with Crippen LogP contribution in [-0.2, 0) is 10.0 Å². The van der Waals surface area contributed by atoms with Gasteiger partial charge in [-0.3, -0.25) is 9.52 Å². The van der Waals surface area contributed by atoms with Crippen LogP contribution in [0.2, 0.25) is 5.02 Å². The molecule has 8 heteroatoms. The Kier molecular flexibility index (Phi) is 4.91. The molecule has 5 nitrogen and oxygen atoms in total. The second kappa shape index (κ2) is 6.55. The van der Waals surface area contributed by atoms with Crippen LogP contribution in [0, 0.1) is 5.82 Å². The molecule has 0 radical (unpaired) electrons. The van der Waals surface area contributed by atoms with Gasteiger partial charge in [0.25, 0.3) is 15.9 Å². The first-order chi connectivity index (χ1) is 10.7. The van der Waals surface area contributed by atoms with Gasteiger partial charge in [0.15, 0.2) is 0 Å². The van der Waals surface area contributed by atoms with E-state index >= 15 is 0 Å². The molecule has 0 aliphatic carbocycles. The van der Waals surface area contributed by atoms with Crippen molar-refractivity contribution >= 4 is 33.2 Å². The lowest BCUT2D eigenvalue weighted by Crippen LogP contribution is -2.22. The van der Waals surface area contributed by atoms with E-state index in [1.54, 1.807) is 26.2 Å². The first-order valence-electron chi connectivity index (χ1n) is 6.50. The van der Waals surface area contributed by atoms with Crippen LogP contribution in [0.1, 0.15) is 10.4 Å². The maximum Gasteiger partial charge on any atom is 0.261 e. The summed E-state index contributed by atoms with van der Waals surface area (Å²) in [6.45, 7) is 0. The Morgan fingerprint density at radius 2 is 1.87 bits per heavy atom. The Balaban J connectivity index is 2.32. The number of nitrogens with one attached hydrogen (secondary N) is 1. The van der Waals surface area contributed by atoms with E-state index in [1.165, 1.54) is 17.0 Å². The molecule has 2 aromatic carbocycles. The Labute approximate surface area is 138 Å². The molecule has 0 heterocycles. The molecule has 2 rings (SSSR count). The molecule has 0 fully saturated rings. The highest BCUT2D eigenvalue weighted by molar-refractivity contribution is 7.92. The molecule has 0 atom stereocenters. The second-order valence-corrected chi connectivity index (χ2v) is 7.05. The first-order valence-corrected chi connectivity index (χ1v) is 8.36. The summed E-state index contributed by atoms with van der Waals surface area (Å²) in [5.41, 5.74) is 0.561. The number of carbonyl (C=O) groups is 1. The van der Waals surface area contributed by atoms with Crippen LogP contribution in [0.4, 0.5) is 10.1 Å². The molecule has 0 aromatic heterocycles. The predicted octanol–water partition coefficient (Wildman–Crippen LogP) is 2.98. The van der Waals surface area contributed by atoms with Crippen molar-refractivity contribution < 1.29 is 17.6 Å². The van der Waals surface area contributed by atoms with Gasteiger partial charge in [0.05, 0.1) is 9.92 Å². The number of amides is 1. The van der Waals surface area contributed by atoms with E-state index in [2.05, 4.69) is 4.72 Å². The highest BCUT2D eigenvalue weighted by Crippen LogP contribution is 2.22. The number of nitrogens with zero attached hydrogens (tertiary/aromatic N) is 1. The lowest BCUT2D eigenvalue weighted by atomic mass is 10.2. The van der Waals surface area contributed by atoms with Crippen LogP contribution < -0.4 is 4.72 Å². The van der Waals surface area contributed by atoms with Crippen LogP contribution in [0.3, 0.4) is 0 Å². The van der Waals surface area contributed by atoms with E-state index in [-0.39, 0.29) is 21.5 Å². The zero-order valence-electron chi connectivity index (χ0n) is 12.4. The molecule has 1 amide bonds. The average molecular weight is 357 g/mol. The Morgan fingerprint density at radius 3 is 2.48 bits per heavy atom. The minimum absolute atomic E-state index is 0.173. The number of rotatable bonds is 4. The van der Waals surface area contributed by atoms with Gasteiger partial charge >= 0.3 is 0 Å². The van der Waals surface area contributed by atoms with E-state index < -0.39 is 15.8 Å². The van der Waals surface area contributed by atoms with Crippen molar-refractivity contribution in [2.45, 2.75) is 4.90 Å². The van der Waals surface area contributed by atoms with E-state index in [4.69, 9.17) is 11.6 Å². The van der Waals surface area contributed by atoms with Crippen molar-refractivity contribution in [2.24, 2.45) is 0 Å². The molecule has 0 saturated heterocycles. The fourth-order valence-electron chi connectivity index (χ4n) is 1.83. The topological polar surface area (TPSA) is 66.5 Å². The van der Waals surface area contributed by atoms with Crippen LogP contribution in [0.5, 0.6) is 0 Å². The lowest BCUT2D eigenvalue weighted by Gasteiger charge is -2.12. The third-order valence-electron chi connectivity index (χ3n) is 2.97.